The van der Waals surface area contributed by atoms with Gasteiger partial charge >= 0.3 is 0 Å². The smallest absolute Gasteiger partial charge is 0.232 e. The van der Waals surface area contributed by atoms with Crippen molar-refractivity contribution in [3.63, 3.8) is 0 Å². The summed E-state index contributed by atoms with van der Waals surface area (Å²) < 4.78 is 22.1. The molecule has 0 bridgehead atoms. The summed E-state index contributed by atoms with van der Waals surface area (Å²) >= 11 is 1.64. The van der Waals surface area contributed by atoms with Crippen molar-refractivity contribution in [2.75, 3.05) is 18.8 Å². The minimum absolute atomic E-state index is 0.000343. The Morgan fingerprint density at radius 1 is 1.52 bits per heavy atom. The van der Waals surface area contributed by atoms with E-state index in [9.17, 15) is 13.2 Å². The first-order chi connectivity index (χ1) is 9.74. The summed E-state index contributed by atoms with van der Waals surface area (Å²) in [7, 11) is 1.70. The number of rotatable bonds is 6. The molecular formula is C13H19ClN2O3S2. The summed E-state index contributed by atoms with van der Waals surface area (Å²) in [4.78, 5) is 18.1. The van der Waals surface area contributed by atoms with E-state index in [2.05, 4.69) is 18.8 Å². The topological polar surface area (TPSA) is 67.3 Å². The third kappa shape index (κ3) is 4.93. The van der Waals surface area contributed by atoms with E-state index in [1.807, 2.05) is 5.38 Å². The largest absolute Gasteiger partial charge is 0.342 e. The first kappa shape index (κ1) is 16.7. The van der Waals surface area contributed by atoms with Crippen molar-refractivity contribution in [2.24, 2.45) is 5.92 Å². The van der Waals surface area contributed by atoms with Crippen molar-refractivity contribution in [1.82, 2.24) is 9.88 Å². The number of likely N-dealkylation sites (tertiary alicyclic amines) is 1. The predicted molar refractivity (Wildman–Crippen MR) is 84.2 cm³/mol. The Hall–Kier alpha value is -0.660. The quantitative estimate of drug-likeness (QED) is 0.738. The fraction of sp³-hybridized carbons (Fsp3) is 0.692. The SMILES string of the molecule is CC(C)c1nc(CCN2CC(CS(=O)(=O)Cl)CC2=O)cs1. The molecule has 5 nitrogen and oxygen atoms in total. The van der Waals surface area contributed by atoms with Gasteiger partial charge in [-0.05, 0) is 0 Å². The van der Waals surface area contributed by atoms with Crippen LogP contribution in [-0.2, 0) is 20.3 Å². The molecule has 1 fully saturated rings. The lowest BCUT2D eigenvalue weighted by atomic mass is 10.1. The number of nitrogens with zero attached hydrogens (tertiary/aromatic N) is 2. The van der Waals surface area contributed by atoms with E-state index in [0.29, 0.717) is 25.4 Å². The predicted octanol–water partition coefficient (Wildman–Crippen LogP) is 2.23. The molecule has 118 valence electrons. The number of thiazole rings is 1. The Kier molecular flexibility index (Phi) is 5.27. The van der Waals surface area contributed by atoms with Gasteiger partial charge in [-0.15, -0.1) is 11.3 Å². The number of hydrogen-bond donors (Lipinski definition) is 0. The van der Waals surface area contributed by atoms with Crippen molar-refractivity contribution >= 4 is 37.0 Å². The van der Waals surface area contributed by atoms with Crippen LogP contribution in [0, 0.1) is 5.92 Å². The summed E-state index contributed by atoms with van der Waals surface area (Å²) in [5, 5.41) is 3.13. The van der Waals surface area contributed by atoms with Gasteiger partial charge in [0.1, 0.15) is 0 Å². The minimum Gasteiger partial charge on any atom is -0.342 e. The zero-order valence-electron chi connectivity index (χ0n) is 12.1. The Labute approximate surface area is 133 Å². The van der Waals surface area contributed by atoms with Crippen LogP contribution in [-0.4, -0.2) is 43.1 Å². The van der Waals surface area contributed by atoms with E-state index in [-0.39, 0.29) is 24.0 Å². The summed E-state index contributed by atoms with van der Waals surface area (Å²) in [5.41, 5.74) is 0.991. The van der Waals surface area contributed by atoms with Gasteiger partial charge in [-0.3, -0.25) is 4.79 Å². The lowest BCUT2D eigenvalue weighted by Crippen LogP contribution is -2.28. The molecule has 1 atom stereocenters. The minimum atomic E-state index is -3.55. The van der Waals surface area contributed by atoms with Crippen LogP contribution in [0.25, 0.3) is 0 Å². The molecule has 0 spiro atoms. The molecule has 2 heterocycles. The summed E-state index contributed by atoms with van der Waals surface area (Å²) in [6, 6.07) is 0. The second kappa shape index (κ2) is 6.62. The fourth-order valence-electron chi connectivity index (χ4n) is 2.42. The van der Waals surface area contributed by atoms with Gasteiger partial charge in [-0.2, -0.15) is 0 Å². The second-order valence-electron chi connectivity index (χ2n) is 5.70. The number of amides is 1. The first-order valence-corrected chi connectivity index (χ1v) is 10.2. The monoisotopic (exact) mass is 350 g/mol. The molecule has 0 aromatic carbocycles. The van der Waals surface area contributed by atoms with E-state index in [1.54, 1.807) is 16.2 Å². The van der Waals surface area contributed by atoms with Crippen molar-refractivity contribution in [1.29, 1.82) is 0 Å². The van der Waals surface area contributed by atoms with Crippen molar-refractivity contribution < 1.29 is 13.2 Å². The first-order valence-electron chi connectivity index (χ1n) is 6.89. The maximum absolute atomic E-state index is 11.9. The van der Waals surface area contributed by atoms with Gasteiger partial charge in [0.25, 0.3) is 0 Å². The average molecular weight is 351 g/mol. The molecule has 1 aliphatic rings. The molecule has 21 heavy (non-hydrogen) atoms. The van der Waals surface area contributed by atoms with Gasteiger partial charge < -0.3 is 4.90 Å². The maximum atomic E-state index is 11.9. The van der Waals surface area contributed by atoms with E-state index < -0.39 is 9.05 Å². The number of carbonyl (C=O) groups is 1. The van der Waals surface area contributed by atoms with E-state index in [4.69, 9.17) is 10.7 Å². The molecule has 0 saturated carbocycles. The van der Waals surface area contributed by atoms with Crippen LogP contribution < -0.4 is 0 Å². The van der Waals surface area contributed by atoms with Crippen LogP contribution in [0.4, 0.5) is 0 Å². The summed E-state index contributed by atoms with van der Waals surface area (Å²) in [6.45, 7) is 5.25. The molecule has 1 aromatic heterocycles. The molecule has 1 aromatic rings. The van der Waals surface area contributed by atoms with Gasteiger partial charge in [0, 0.05) is 53.8 Å². The molecular weight excluding hydrogens is 332 g/mol. The molecule has 1 aliphatic heterocycles. The van der Waals surface area contributed by atoms with E-state index >= 15 is 0 Å². The lowest BCUT2D eigenvalue weighted by molar-refractivity contribution is -0.127. The van der Waals surface area contributed by atoms with Gasteiger partial charge in [-0.25, -0.2) is 13.4 Å². The van der Waals surface area contributed by atoms with E-state index in [0.717, 1.165) is 10.7 Å². The van der Waals surface area contributed by atoms with E-state index in [1.165, 1.54) is 0 Å². The Morgan fingerprint density at radius 3 is 2.81 bits per heavy atom. The van der Waals surface area contributed by atoms with Gasteiger partial charge in [0.15, 0.2) is 0 Å². The van der Waals surface area contributed by atoms with Crippen LogP contribution >= 0.6 is 22.0 Å². The molecule has 1 unspecified atom stereocenters. The Morgan fingerprint density at radius 2 is 2.24 bits per heavy atom. The third-order valence-electron chi connectivity index (χ3n) is 3.43. The van der Waals surface area contributed by atoms with Crippen LogP contribution in [0.3, 0.4) is 0 Å². The third-order valence-corrected chi connectivity index (χ3v) is 5.87. The molecule has 1 amide bonds. The summed E-state index contributed by atoms with van der Waals surface area (Å²) in [5.74, 6) is 0.0853. The zero-order valence-corrected chi connectivity index (χ0v) is 14.5. The highest BCUT2D eigenvalue weighted by atomic mass is 35.7. The number of carbonyl (C=O) groups excluding carboxylic acids is 1. The number of hydrogen-bond acceptors (Lipinski definition) is 5. The van der Waals surface area contributed by atoms with Crippen LogP contribution in [0.1, 0.15) is 36.9 Å². The van der Waals surface area contributed by atoms with Crippen molar-refractivity contribution in [3.8, 4) is 0 Å². The van der Waals surface area contributed by atoms with Crippen LogP contribution in [0.2, 0.25) is 0 Å². The number of aromatic nitrogens is 1. The normalized spacial score (nSPS) is 19.7. The highest BCUT2D eigenvalue weighted by molar-refractivity contribution is 8.13. The zero-order chi connectivity index (χ0) is 15.6. The van der Waals surface area contributed by atoms with Gasteiger partial charge in [0.2, 0.25) is 15.0 Å². The maximum Gasteiger partial charge on any atom is 0.232 e. The molecule has 0 aliphatic carbocycles. The average Bonchev–Trinajstić information content (AvgIpc) is 2.91. The lowest BCUT2D eigenvalue weighted by Gasteiger charge is -2.15. The highest BCUT2D eigenvalue weighted by Gasteiger charge is 2.32. The molecule has 1 saturated heterocycles. The molecule has 8 heteroatoms. The van der Waals surface area contributed by atoms with Crippen LogP contribution in [0.5, 0.6) is 0 Å². The van der Waals surface area contributed by atoms with Crippen LogP contribution in [0.15, 0.2) is 5.38 Å². The standard InChI is InChI=1S/C13H19ClN2O3S2/c1-9(2)13-15-11(7-20-13)3-4-16-6-10(5-12(16)17)8-21(14,18)19/h7,9-10H,3-6,8H2,1-2H3. The van der Waals surface area contributed by atoms with Crippen molar-refractivity contribution in [2.45, 2.75) is 32.6 Å². The second-order valence-corrected chi connectivity index (χ2v) is 9.41. The van der Waals surface area contributed by atoms with Crippen molar-refractivity contribution in [3.05, 3.63) is 16.1 Å². The summed E-state index contributed by atoms with van der Waals surface area (Å²) in [6.07, 6.45) is 0.968. The van der Waals surface area contributed by atoms with Gasteiger partial charge in [-0.1, -0.05) is 13.8 Å². The highest BCUT2D eigenvalue weighted by Crippen LogP contribution is 2.22. The Bertz CT molecular complexity index is 613. The molecule has 2 rings (SSSR count). The number of halogens is 1. The van der Waals surface area contributed by atoms with Gasteiger partial charge in [0.05, 0.1) is 16.5 Å². The Balaban J connectivity index is 1.87. The molecule has 0 N–H and O–H groups in total. The molecule has 0 radical (unpaired) electrons. The fourth-order valence-corrected chi connectivity index (χ4v) is 4.61.